The van der Waals surface area contributed by atoms with E-state index in [1.165, 1.54) is 16.7 Å². The molecule has 2 aromatic rings. The number of benzene rings is 2. The highest BCUT2D eigenvalue weighted by Crippen LogP contribution is 2.41. The van der Waals surface area contributed by atoms with Crippen LogP contribution < -0.4 is 14.4 Å². The minimum absolute atomic E-state index is 0.155. The maximum absolute atomic E-state index is 12.8. The Morgan fingerprint density at radius 3 is 2.50 bits per heavy atom. The maximum atomic E-state index is 12.8. The van der Waals surface area contributed by atoms with Crippen molar-refractivity contribution < 1.29 is 14.3 Å². The molecule has 1 aliphatic heterocycles. The number of methoxy groups -OCH3 is 2. The molecule has 0 bridgehead atoms. The van der Waals surface area contributed by atoms with E-state index in [-0.39, 0.29) is 5.91 Å². The molecule has 0 saturated carbocycles. The van der Waals surface area contributed by atoms with Gasteiger partial charge >= 0.3 is 0 Å². The molecule has 4 nitrogen and oxygen atoms in total. The smallest absolute Gasteiger partial charge is 0.270 e. The van der Waals surface area contributed by atoms with E-state index < -0.39 is 0 Å². The fourth-order valence-corrected chi connectivity index (χ4v) is 3.63. The Kier molecular flexibility index (Phi) is 4.87. The van der Waals surface area contributed by atoms with E-state index in [1.807, 2.05) is 36.4 Å². The van der Waals surface area contributed by atoms with Crippen LogP contribution in [-0.4, -0.2) is 24.4 Å². The van der Waals surface area contributed by atoms with Crippen LogP contribution in [0.2, 0.25) is 0 Å². The molecule has 0 radical (unpaired) electrons. The summed E-state index contributed by atoms with van der Waals surface area (Å²) < 4.78 is 11.1. The van der Waals surface area contributed by atoms with Gasteiger partial charge in [0, 0.05) is 6.07 Å². The van der Waals surface area contributed by atoms with Gasteiger partial charge in [-0.3, -0.25) is 9.69 Å². The molecule has 0 unspecified atom stereocenters. The lowest BCUT2D eigenvalue weighted by Gasteiger charge is -2.18. The standard InChI is InChI=1S/C18H15NO3S2/c1-21-13-8-9-14(15(11-13)22-2)19-17(20)16(24-18(19)23)10-12-6-4-3-5-7-12/h3-11H,1-2H3. The Balaban J connectivity index is 1.97. The first-order valence-electron chi connectivity index (χ1n) is 7.19. The number of hydrogen-bond acceptors (Lipinski definition) is 5. The van der Waals surface area contributed by atoms with Crippen molar-refractivity contribution in [3.05, 3.63) is 59.0 Å². The molecule has 1 saturated heterocycles. The second-order valence-electron chi connectivity index (χ2n) is 4.97. The molecule has 0 aromatic heterocycles. The molecule has 1 aliphatic rings. The van der Waals surface area contributed by atoms with Crippen molar-refractivity contribution in [2.45, 2.75) is 0 Å². The lowest BCUT2D eigenvalue weighted by molar-refractivity contribution is -0.113. The van der Waals surface area contributed by atoms with E-state index >= 15 is 0 Å². The average Bonchev–Trinajstić information content (AvgIpc) is 2.89. The Morgan fingerprint density at radius 2 is 1.83 bits per heavy atom. The molecule has 0 aliphatic carbocycles. The number of ether oxygens (including phenoxy) is 2. The molecular weight excluding hydrogens is 342 g/mol. The van der Waals surface area contributed by atoms with E-state index in [9.17, 15) is 4.79 Å². The molecule has 3 rings (SSSR count). The number of nitrogens with zero attached hydrogens (tertiary/aromatic N) is 1. The molecule has 24 heavy (non-hydrogen) atoms. The molecule has 2 aromatic carbocycles. The minimum Gasteiger partial charge on any atom is -0.497 e. The van der Waals surface area contributed by atoms with E-state index in [1.54, 1.807) is 32.4 Å². The molecule has 122 valence electrons. The number of hydrogen-bond donors (Lipinski definition) is 0. The average molecular weight is 357 g/mol. The third kappa shape index (κ3) is 3.16. The van der Waals surface area contributed by atoms with Crippen LogP contribution in [0.1, 0.15) is 5.56 Å². The Morgan fingerprint density at radius 1 is 1.08 bits per heavy atom. The summed E-state index contributed by atoms with van der Waals surface area (Å²) in [7, 11) is 3.13. The number of thiocarbonyl (C=S) groups is 1. The van der Waals surface area contributed by atoms with Crippen LogP contribution in [0, 0.1) is 0 Å². The van der Waals surface area contributed by atoms with E-state index in [2.05, 4.69) is 0 Å². The number of carbonyl (C=O) groups excluding carboxylic acids is 1. The van der Waals surface area contributed by atoms with Gasteiger partial charge in [0.1, 0.15) is 11.5 Å². The summed E-state index contributed by atoms with van der Waals surface area (Å²) in [4.78, 5) is 14.9. The molecule has 0 N–H and O–H groups in total. The van der Waals surface area contributed by atoms with Crippen LogP contribution in [0.25, 0.3) is 6.08 Å². The zero-order valence-corrected chi connectivity index (χ0v) is 14.8. The fourth-order valence-electron chi connectivity index (χ4n) is 2.35. The Hall–Kier alpha value is -2.31. The lowest BCUT2D eigenvalue weighted by atomic mass is 10.2. The van der Waals surface area contributed by atoms with E-state index in [0.717, 1.165) is 5.56 Å². The third-order valence-corrected chi connectivity index (χ3v) is 4.82. The van der Waals surface area contributed by atoms with Gasteiger partial charge in [-0.15, -0.1) is 0 Å². The molecule has 6 heteroatoms. The predicted octanol–water partition coefficient (Wildman–Crippen LogP) is 4.11. The van der Waals surface area contributed by atoms with Crippen LogP contribution >= 0.6 is 24.0 Å². The Labute approximate surface area is 150 Å². The molecule has 0 atom stereocenters. The van der Waals surface area contributed by atoms with Crippen molar-refractivity contribution >= 4 is 46.0 Å². The van der Waals surface area contributed by atoms with E-state index in [4.69, 9.17) is 21.7 Å². The minimum atomic E-state index is -0.155. The molecule has 1 heterocycles. The summed E-state index contributed by atoms with van der Waals surface area (Å²) >= 11 is 6.68. The van der Waals surface area contributed by atoms with Crippen LogP contribution in [0.5, 0.6) is 11.5 Å². The summed E-state index contributed by atoms with van der Waals surface area (Å²) in [5.41, 5.74) is 1.57. The number of amides is 1. The highest BCUT2D eigenvalue weighted by Gasteiger charge is 2.35. The second kappa shape index (κ2) is 7.07. The quantitative estimate of drug-likeness (QED) is 0.608. The van der Waals surface area contributed by atoms with Crippen molar-refractivity contribution in [2.75, 3.05) is 19.1 Å². The lowest BCUT2D eigenvalue weighted by Crippen LogP contribution is -2.27. The van der Waals surface area contributed by atoms with Crippen LogP contribution in [-0.2, 0) is 4.79 Å². The fraction of sp³-hybridized carbons (Fsp3) is 0.111. The van der Waals surface area contributed by atoms with Gasteiger partial charge < -0.3 is 9.47 Å². The van der Waals surface area contributed by atoms with Crippen LogP contribution in [0.4, 0.5) is 5.69 Å². The summed E-state index contributed by atoms with van der Waals surface area (Å²) in [6.45, 7) is 0. The summed E-state index contributed by atoms with van der Waals surface area (Å²) in [6.07, 6.45) is 1.84. The van der Waals surface area contributed by atoms with Gasteiger partial charge in [-0.1, -0.05) is 54.3 Å². The van der Waals surface area contributed by atoms with Crippen LogP contribution in [0.3, 0.4) is 0 Å². The number of rotatable bonds is 4. The van der Waals surface area contributed by atoms with Crippen molar-refractivity contribution in [3.63, 3.8) is 0 Å². The molecule has 1 fully saturated rings. The maximum Gasteiger partial charge on any atom is 0.270 e. The van der Waals surface area contributed by atoms with Gasteiger partial charge in [0.15, 0.2) is 4.32 Å². The van der Waals surface area contributed by atoms with Crippen molar-refractivity contribution in [3.8, 4) is 11.5 Å². The predicted molar refractivity (Wildman–Crippen MR) is 102 cm³/mol. The number of carbonyl (C=O) groups is 1. The molecule has 1 amide bonds. The van der Waals surface area contributed by atoms with Gasteiger partial charge in [-0.05, 0) is 23.8 Å². The van der Waals surface area contributed by atoms with E-state index in [0.29, 0.717) is 26.4 Å². The van der Waals surface area contributed by atoms with Crippen LogP contribution in [0.15, 0.2) is 53.4 Å². The third-order valence-electron chi connectivity index (χ3n) is 3.52. The summed E-state index contributed by atoms with van der Waals surface area (Å²) in [5, 5.41) is 0. The number of thioether (sulfide) groups is 1. The monoisotopic (exact) mass is 357 g/mol. The zero-order valence-electron chi connectivity index (χ0n) is 13.2. The largest absolute Gasteiger partial charge is 0.497 e. The first kappa shape index (κ1) is 16.5. The topological polar surface area (TPSA) is 38.8 Å². The van der Waals surface area contributed by atoms with Gasteiger partial charge in [0.25, 0.3) is 5.91 Å². The highest BCUT2D eigenvalue weighted by molar-refractivity contribution is 8.27. The van der Waals surface area contributed by atoms with Gasteiger partial charge in [-0.25, -0.2) is 0 Å². The zero-order chi connectivity index (χ0) is 17.1. The highest BCUT2D eigenvalue weighted by atomic mass is 32.2. The SMILES string of the molecule is COc1ccc(N2C(=O)C(=Cc3ccccc3)SC2=S)c(OC)c1. The first-order chi connectivity index (χ1) is 11.6. The molecular formula is C18H15NO3S2. The van der Waals surface area contributed by atoms with Crippen molar-refractivity contribution in [1.82, 2.24) is 0 Å². The first-order valence-corrected chi connectivity index (χ1v) is 8.41. The van der Waals surface area contributed by atoms with Gasteiger partial charge in [-0.2, -0.15) is 0 Å². The van der Waals surface area contributed by atoms with Gasteiger partial charge in [0.05, 0.1) is 24.8 Å². The Bertz CT molecular complexity index is 818. The molecule has 0 spiro atoms. The summed E-state index contributed by atoms with van der Waals surface area (Å²) in [6, 6.07) is 15.0. The van der Waals surface area contributed by atoms with Gasteiger partial charge in [0.2, 0.25) is 0 Å². The normalized spacial score (nSPS) is 15.9. The van der Waals surface area contributed by atoms with Crippen molar-refractivity contribution in [1.29, 1.82) is 0 Å². The summed E-state index contributed by atoms with van der Waals surface area (Å²) in [5.74, 6) is 1.03. The van der Waals surface area contributed by atoms with Crippen molar-refractivity contribution in [2.24, 2.45) is 0 Å². The number of anilines is 1. The second-order valence-corrected chi connectivity index (χ2v) is 6.64.